The van der Waals surface area contributed by atoms with Gasteiger partial charge in [-0.05, 0) is 55.7 Å². The highest BCUT2D eigenvalue weighted by atomic mass is 16.2. The van der Waals surface area contributed by atoms with Crippen molar-refractivity contribution in [1.29, 1.82) is 0 Å². The molecular weight excluding hydrogens is 248 g/mol. The summed E-state index contributed by atoms with van der Waals surface area (Å²) in [4.78, 5) is 11.5. The highest BCUT2D eigenvalue weighted by molar-refractivity contribution is 5.80. The summed E-state index contributed by atoms with van der Waals surface area (Å²) in [6.45, 7) is 3.75. The van der Waals surface area contributed by atoms with Crippen LogP contribution < -0.4 is 10.6 Å². The Morgan fingerprint density at radius 3 is 2.85 bits per heavy atom. The fourth-order valence-corrected chi connectivity index (χ4v) is 2.94. The first kappa shape index (κ1) is 13.6. The smallest absolute Gasteiger partial charge is 0.223 e. The molecule has 3 heteroatoms. The molecule has 0 aliphatic heterocycles. The van der Waals surface area contributed by atoms with Crippen LogP contribution in [0.5, 0.6) is 0 Å². The van der Waals surface area contributed by atoms with Crippen molar-refractivity contribution in [2.75, 3.05) is 13.1 Å². The fourth-order valence-electron chi connectivity index (χ4n) is 2.94. The topological polar surface area (TPSA) is 41.1 Å². The number of amides is 1. The van der Waals surface area contributed by atoms with Crippen molar-refractivity contribution in [3.63, 3.8) is 0 Å². The van der Waals surface area contributed by atoms with Gasteiger partial charge < -0.3 is 10.6 Å². The van der Waals surface area contributed by atoms with E-state index in [2.05, 4.69) is 35.8 Å². The highest BCUT2D eigenvalue weighted by Crippen LogP contribution is 2.28. The molecule has 1 atom stereocenters. The van der Waals surface area contributed by atoms with Crippen molar-refractivity contribution >= 4 is 5.91 Å². The maximum Gasteiger partial charge on any atom is 0.223 e. The molecule has 0 bridgehead atoms. The lowest BCUT2D eigenvalue weighted by molar-refractivity contribution is -0.122. The molecule has 0 radical (unpaired) electrons. The minimum absolute atomic E-state index is 0.233. The number of fused-ring (bicyclic) bond motifs is 1. The van der Waals surface area contributed by atoms with E-state index in [4.69, 9.17) is 0 Å². The summed E-state index contributed by atoms with van der Waals surface area (Å²) in [6, 6.07) is 7.22. The second-order valence-corrected chi connectivity index (χ2v) is 6.12. The number of rotatable bonds is 6. The minimum Gasteiger partial charge on any atom is -0.355 e. The Labute approximate surface area is 121 Å². The average Bonchev–Trinajstić information content (AvgIpc) is 3.20. The Kier molecular flexibility index (Phi) is 4.06. The van der Waals surface area contributed by atoms with E-state index in [1.54, 1.807) is 0 Å². The lowest BCUT2D eigenvalue weighted by Gasteiger charge is -2.16. The molecule has 0 heterocycles. The summed E-state index contributed by atoms with van der Waals surface area (Å²) in [6.07, 6.45) is 5.92. The van der Waals surface area contributed by atoms with Crippen LogP contribution >= 0.6 is 0 Å². The van der Waals surface area contributed by atoms with Gasteiger partial charge in [-0.1, -0.05) is 18.2 Å². The van der Waals surface area contributed by atoms with Crippen molar-refractivity contribution in [3.8, 4) is 0 Å². The molecule has 2 N–H and O–H groups in total. The van der Waals surface area contributed by atoms with Gasteiger partial charge in [0.2, 0.25) is 5.91 Å². The minimum atomic E-state index is 0.233. The maximum absolute atomic E-state index is 11.5. The summed E-state index contributed by atoms with van der Waals surface area (Å²) < 4.78 is 0. The van der Waals surface area contributed by atoms with Crippen LogP contribution in [0.2, 0.25) is 0 Å². The van der Waals surface area contributed by atoms with E-state index in [1.165, 1.54) is 36.0 Å². The molecular formula is C17H24N2O. The van der Waals surface area contributed by atoms with Gasteiger partial charge >= 0.3 is 0 Å². The molecule has 0 aromatic heterocycles. The summed E-state index contributed by atoms with van der Waals surface area (Å²) >= 11 is 0. The van der Waals surface area contributed by atoms with Gasteiger partial charge in [0, 0.05) is 25.0 Å². The molecule has 0 saturated heterocycles. The predicted molar refractivity (Wildman–Crippen MR) is 80.6 cm³/mol. The molecule has 0 spiro atoms. The molecule has 108 valence electrons. The zero-order chi connectivity index (χ0) is 13.9. The van der Waals surface area contributed by atoms with Crippen LogP contribution in [-0.2, 0) is 17.6 Å². The summed E-state index contributed by atoms with van der Waals surface area (Å²) in [5.74, 6) is 0.543. The Morgan fingerprint density at radius 2 is 2.05 bits per heavy atom. The second kappa shape index (κ2) is 5.96. The Bertz CT molecular complexity index is 494. The molecule has 1 fully saturated rings. The lowest BCUT2D eigenvalue weighted by atomic mass is 10.0. The van der Waals surface area contributed by atoms with Crippen LogP contribution in [0.4, 0.5) is 0 Å². The Hall–Kier alpha value is -1.35. The number of hydrogen-bond donors (Lipinski definition) is 2. The van der Waals surface area contributed by atoms with E-state index < -0.39 is 0 Å². The van der Waals surface area contributed by atoms with Crippen molar-refractivity contribution < 1.29 is 4.79 Å². The average molecular weight is 272 g/mol. The zero-order valence-electron chi connectivity index (χ0n) is 12.2. The molecule has 1 saturated carbocycles. The Balaban J connectivity index is 1.44. The maximum atomic E-state index is 11.5. The van der Waals surface area contributed by atoms with E-state index in [-0.39, 0.29) is 5.91 Å². The van der Waals surface area contributed by atoms with E-state index in [9.17, 15) is 4.79 Å². The SMILES string of the molecule is CC(NCCNC(=O)C1CC1)c1ccc2c(c1)CCC2. The third-order valence-electron chi connectivity index (χ3n) is 4.45. The van der Waals surface area contributed by atoms with Crippen LogP contribution in [0, 0.1) is 5.92 Å². The third-order valence-corrected chi connectivity index (χ3v) is 4.45. The second-order valence-electron chi connectivity index (χ2n) is 6.12. The van der Waals surface area contributed by atoms with E-state index in [0.717, 1.165) is 25.9 Å². The molecule has 1 amide bonds. The number of aryl methyl sites for hydroxylation is 2. The zero-order valence-corrected chi connectivity index (χ0v) is 12.2. The van der Waals surface area contributed by atoms with Crippen molar-refractivity contribution in [2.24, 2.45) is 5.92 Å². The van der Waals surface area contributed by atoms with Gasteiger partial charge in [0.25, 0.3) is 0 Å². The Morgan fingerprint density at radius 1 is 1.25 bits per heavy atom. The van der Waals surface area contributed by atoms with Crippen LogP contribution in [0.1, 0.15) is 48.9 Å². The van der Waals surface area contributed by atoms with E-state index >= 15 is 0 Å². The molecule has 3 rings (SSSR count). The van der Waals surface area contributed by atoms with Crippen LogP contribution in [0.15, 0.2) is 18.2 Å². The predicted octanol–water partition coefficient (Wildman–Crippen LogP) is 2.35. The van der Waals surface area contributed by atoms with Crippen LogP contribution in [-0.4, -0.2) is 19.0 Å². The summed E-state index contributed by atoms with van der Waals surface area (Å²) in [5, 5.41) is 6.48. The van der Waals surface area contributed by atoms with E-state index in [1.807, 2.05) is 0 Å². The van der Waals surface area contributed by atoms with Gasteiger partial charge in [-0.3, -0.25) is 4.79 Å². The molecule has 3 nitrogen and oxygen atoms in total. The molecule has 1 aromatic carbocycles. The summed E-state index contributed by atoms with van der Waals surface area (Å²) in [7, 11) is 0. The van der Waals surface area contributed by atoms with Gasteiger partial charge in [-0.15, -0.1) is 0 Å². The summed E-state index contributed by atoms with van der Waals surface area (Å²) in [5.41, 5.74) is 4.41. The van der Waals surface area contributed by atoms with Crippen LogP contribution in [0.25, 0.3) is 0 Å². The number of benzene rings is 1. The molecule has 20 heavy (non-hydrogen) atoms. The standard InChI is InChI=1S/C17H24N2O/c1-12(18-9-10-19-17(20)14-6-7-14)15-8-5-13-3-2-4-16(13)11-15/h5,8,11-12,14,18H,2-4,6-7,9-10H2,1H3,(H,19,20). The van der Waals surface area contributed by atoms with E-state index in [0.29, 0.717) is 12.0 Å². The van der Waals surface area contributed by atoms with Crippen LogP contribution in [0.3, 0.4) is 0 Å². The van der Waals surface area contributed by atoms with Gasteiger partial charge in [0.15, 0.2) is 0 Å². The molecule has 1 aromatic rings. The van der Waals surface area contributed by atoms with Gasteiger partial charge in [0.05, 0.1) is 0 Å². The van der Waals surface area contributed by atoms with Crippen molar-refractivity contribution in [1.82, 2.24) is 10.6 Å². The number of carbonyl (C=O) groups is 1. The monoisotopic (exact) mass is 272 g/mol. The fraction of sp³-hybridized carbons (Fsp3) is 0.588. The largest absolute Gasteiger partial charge is 0.355 e. The van der Waals surface area contributed by atoms with Gasteiger partial charge in [0.1, 0.15) is 0 Å². The quantitative estimate of drug-likeness (QED) is 0.781. The first-order chi connectivity index (χ1) is 9.74. The van der Waals surface area contributed by atoms with Crippen molar-refractivity contribution in [3.05, 3.63) is 34.9 Å². The number of hydrogen-bond acceptors (Lipinski definition) is 2. The number of carbonyl (C=O) groups excluding carboxylic acids is 1. The molecule has 1 unspecified atom stereocenters. The van der Waals surface area contributed by atoms with Gasteiger partial charge in [-0.2, -0.15) is 0 Å². The number of nitrogens with one attached hydrogen (secondary N) is 2. The molecule has 2 aliphatic carbocycles. The molecule has 2 aliphatic rings. The van der Waals surface area contributed by atoms with Gasteiger partial charge in [-0.25, -0.2) is 0 Å². The lowest BCUT2D eigenvalue weighted by Crippen LogP contribution is -2.33. The normalized spacial score (nSPS) is 18.6. The highest BCUT2D eigenvalue weighted by Gasteiger charge is 2.28. The third kappa shape index (κ3) is 3.21. The van der Waals surface area contributed by atoms with Crippen molar-refractivity contribution in [2.45, 2.75) is 45.1 Å². The first-order valence-electron chi connectivity index (χ1n) is 7.87. The first-order valence-corrected chi connectivity index (χ1v) is 7.87.